The van der Waals surface area contributed by atoms with Gasteiger partial charge in [0, 0.05) is 18.3 Å². The molecule has 0 bridgehead atoms. The Kier molecular flexibility index (Phi) is 4.65. The van der Waals surface area contributed by atoms with Crippen LogP contribution in [0.5, 0.6) is 0 Å². The molecule has 1 N–H and O–H groups in total. The van der Waals surface area contributed by atoms with Gasteiger partial charge in [0.25, 0.3) is 0 Å². The van der Waals surface area contributed by atoms with Crippen LogP contribution in [0.15, 0.2) is 57.8 Å². The summed E-state index contributed by atoms with van der Waals surface area (Å²) >= 11 is 0. The third kappa shape index (κ3) is 3.65. The zero-order chi connectivity index (χ0) is 16.9. The molecular weight excluding hydrogens is 306 g/mol. The summed E-state index contributed by atoms with van der Waals surface area (Å²) in [5, 5.41) is 7.38. The van der Waals surface area contributed by atoms with Crippen LogP contribution in [0.1, 0.15) is 29.0 Å². The summed E-state index contributed by atoms with van der Waals surface area (Å²) in [6.45, 7) is 4.29. The molecule has 0 aliphatic rings. The molecule has 3 aromatic rings. The van der Waals surface area contributed by atoms with E-state index in [1.807, 2.05) is 36.7 Å². The molecule has 0 saturated carbocycles. The lowest BCUT2D eigenvalue weighted by Crippen LogP contribution is -2.31. The number of rotatable bonds is 6. The third-order valence-corrected chi connectivity index (χ3v) is 3.62. The smallest absolute Gasteiger partial charge is 0.244 e. The van der Waals surface area contributed by atoms with Gasteiger partial charge in [0.05, 0.1) is 18.2 Å². The zero-order valence-electron chi connectivity index (χ0n) is 13.6. The van der Waals surface area contributed by atoms with Crippen molar-refractivity contribution in [1.82, 2.24) is 15.1 Å². The number of nitrogens with zero attached hydrogens (tertiary/aromatic N) is 2. The van der Waals surface area contributed by atoms with Gasteiger partial charge in [-0.05, 0) is 50.3 Å². The van der Waals surface area contributed by atoms with E-state index in [0.29, 0.717) is 12.3 Å². The molecule has 24 heavy (non-hydrogen) atoms. The molecule has 0 radical (unpaired) electrons. The molecular formula is C18H19N3O3. The van der Waals surface area contributed by atoms with E-state index in [2.05, 4.69) is 10.4 Å². The lowest BCUT2D eigenvalue weighted by Gasteiger charge is -2.17. The van der Waals surface area contributed by atoms with Crippen LogP contribution in [-0.2, 0) is 4.79 Å². The average molecular weight is 325 g/mol. The van der Waals surface area contributed by atoms with Crippen molar-refractivity contribution in [1.29, 1.82) is 0 Å². The van der Waals surface area contributed by atoms with Crippen LogP contribution >= 0.6 is 0 Å². The van der Waals surface area contributed by atoms with Crippen LogP contribution in [0.4, 0.5) is 0 Å². The Bertz CT molecular complexity index is 814. The predicted molar refractivity (Wildman–Crippen MR) is 89.3 cm³/mol. The molecule has 6 nitrogen and oxygen atoms in total. The molecule has 124 valence electrons. The maximum Gasteiger partial charge on any atom is 0.244 e. The van der Waals surface area contributed by atoms with Crippen molar-refractivity contribution in [2.75, 3.05) is 6.54 Å². The first-order valence-corrected chi connectivity index (χ1v) is 7.69. The van der Waals surface area contributed by atoms with Gasteiger partial charge in [0.1, 0.15) is 17.6 Å². The number of nitrogens with one attached hydrogen (secondary N) is 1. The Morgan fingerprint density at radius 3 is 2.71 bits per heavy atom. The number of hydrogen-bond acceptors (Lipinski definition) is 4. The number of hydrogen-bond donors (Lipinski definition) is 1. The lowest BCUT2D eigenvalue weighted by molar-refractivity contribution is -0.116. The molecule has 0 fully saturated rings. The highest BCUT2D eigenvalue weighted by Crippen LogP contribution is 2.20. The van der Waals surface area contributed by atoms with Gasteiger partial charge in [-0.25, -0.2) is 0 Å². The largest absolute Gasteiger partial charge is 0.467 e. The molecule has 0 aliphatic carbocycles. The third-order valence-electron chi connectivity index (χ3n) is 3.62. The molecule has 0 spiro atoms. The Labute approximate surface area is 139 Å². The van der Waals surface area contributed by atoms with Crippen molar-refractivity contribution in [2.24, 2.45) is 0 Å². The fourth-order valence-corrected chi connectivity index (χ4v) is 2.55. The SMILES string of the molecule is Cc1cc(C)n([C@H](CNC(=O)/C=C/c2ccco2)c2ccco2)n1. The van der Waals surface area contributed by atoms with Crippen LogP contribution in [0.2, 0.25) is 0 Å². The molecule has 6 heteroatoms. The van der Waals surface area contributed by atoms with Crippen LogP contribution in [0, 0.1) is 13.8 Å². The number of amides is 1. The van der Waals surface area contributed by atoms with E-state index < -0.39 is 0 Å². The van der Waals surface area contributed by atoms with Crippen LogP contribution in [-0.4, -0.2) is 22.2 Å². The van der Waals surface area contributed by atoms with E-state index in [9.17, 15) is 4.79 Å². The number of aromatic nitrogens is 2. The van der Waals surface area contributed by atoms with E-state index in [4.69, 9.17) is 8.83 Å². The summed E-state index contributed by atoms with van der Waals surface area (Å²) in [6.07, 6.45) is 6.25. The second kappa shape index (κ2) is 7.04. The van der Waals surface area contributed by atoms with Gasteiger partial charge < -0.3 is 14.2 Å². The van der Waals surface area contributed by atoms with E-state index in [-0.39, 0.29) is 11.9 Å². The Balaban J connectivity index is 1.71. The van der Waals surface area contributed by atoms with Crippen molar-refractivity contribution < 1.29 is 13.6 Å². The molecule has 0 aliphatic heterocycles. The summed E-state index contributed by atoms with van der Waals surface area (Å²) < 4.78 is 12.5. The summed E-state index contributed by atoms with van der Waals surface area (Å²) in [5.74, 6) is 1.17. The Morgan fingerprint density at radius 2 is 2.08 bits per heavy atom. The van der Waals surface area contributed by atoms with Gasteiger partial charge in [-0.3, -0.25) is 9.48 Å². The number of aryl methyl sites for hydroxylation is 2. The van der Waals surface area contributed by atoms with Gasteiger partial charge in [-0.15, -0.1) is 0 Å². The molecule has 1 amide bonds. The van der Waals surface area contributed by atoms with E-state index in [1.165, 1.54) is 6.08 Å². The van der Waals surface area contributed by atoms with Gasteiger partial charge in [0.2, 0.25) is 5.91 Å². The zero-order valence-corrected chi connectivity index (χ0v) is 13.6. The highest BCUT2D eigenvalue weighted by Gasteiger charge is 2.20. The molecule has 0 unspecified atom stereocenters. The van der Waals surface area contributed by atoms with Crippen molar-refractivity contribution >= 4 is 12.0 Å². The summed E-state index contributed by atoms with van der Waals surface area (Å²) in [5.41, 5.74) is 1.93. The van der Waals surface area contributed by atoms with Crippen molar-refractivity contribution in [3.8, 4) is 0 Å². The maximum atomic E-state index is 12.0. The quantitative estimate of drug-likeness (QED) is 0.707. The van der Waals surface area contributed by atoms with Gasteiger partial charge >= 0.3 is 0 Å². The Morgan fingerprint density at radius 1 is 1.29 bits per heavy atom. The first-order valence-electron chi connectivity index (χ1n) is 7.69. The van der Waals surface area contributed by atoms with E-state index in [0.717, 1.165) is 17.1 Å². The minimum absolute atomic E-state index is 0.199. The fraction of sp³-hybridized carbons (Fsp3) is 0.222. The summed E-state index contributed by atoms with van der Waals surface area (Å²) in [6, 6.07) is 9.06. The van der Waals surface area contributed by atoms with Crippen molar-refractivity contribution in [3.63, 3.8) is 0 Å². The Hall–Kier alpha value is -3.02. The topological polar surface area (TPSA) is 73.2 Å². The fourth-order valence-electron chi connectivity index (χ4n) is 2.55. The summed E-state index contributed by atoms with van der Waals surface area (Å²) in [4.78, 5) is 12.0. The van der Waals surface area contributed by atoms with Crippen molar-refractivity contribution in [2.45, 2.75) is 19.9 Å². The minimum Gasteiger partial charge on any atom is -0.467 e. The monoisotopic (exact) mass is 325 g/mol. The first kappa shape index (κ1) is 15.9. The standard InChI is InChI=1S/C18H19N3O3/c1-13-11-14(2)21(20-13)16(17-6-4-10-24-17)12-19-18(22)8-7-15-5-3-9-23-15/h3-11,16H,12H2,1-2H3,(H,19,22)/b8-7+/t16-/m1/s1. The normalized spacial score (nSPS) is 12.6. The van der Waals surface area contributed by atoms with Crippen LogP contribution in [0.25, 0.3) is 6.08 Å². The van der Waals surface area contributed by atoms with Crippen LogP contribution < -0.4 is 5.32 Å². The number of carbonyl (C=O) groups excluding carboxylic acids is 1. The highest BCUT2D eigenvalue weighted by molar-refractivity contribution is 5.91. The first-order chi connectivity index (χ1) is 11.6. The average Bonchev–Trinajstić information content (AvgIpc) is 3.29. The van der Waals surface area contributed by atoms with E-state index in [1.54, 1.807) is 30.7 Å². The van der Waals surface area contributed by atoms with Crippen molar-refractivity contribution in [3.05, 3.63) is 71.8 Å². The highest BCUT2D eigenvalue weighted by atomic mass is 16.3. The predicted octanol–water partition coefficient (Wildman–Crippen LogP) is 3.10. The molecule has 0 saturated heterocycles. The van der Waals surface area contributed by atoms with E-state index >= 15 is 0 Å². The van der Waals surface area contributed by atoms with Gasteiger partial charge in [0.15, 0.2) is 0 Å². The maximum absolute atomic E-state index is 12.0. The molecule has 3 aromatic heterocycles. The molecule has 0 aromatic carbocycles. The second-order valence-electron chi connectivity index (χ2n) is 5.50. The number of furan rings is 2. The minimum atomic E-state index is -0.204. The van der Waals surface area contributed by atoms with Crippen LogP contribution in [0.3, 0.4) is 0 Å². The summed E-state index contributed by atoms with van der Waals surface area (Å²) in [7, 11) is 0. The lowest BCUT2D eigenvalue weighted by atomic mass is 10.2. The van der Waals surface area contributed by atoms with Gasteiger partial charge in [-0.2, -0.15) is 5.10 Å². The molecule has 3 rings (SSSR count). The van der Waals surface area contributed by atoms with Gasteiger partial charge in [-0.1, -0.05) is 0 Å². The molecule has 1 atom stereocenters. The molecule has 3 heterocycles. The number of carbonyl (C=O) groups is 1. The second-order valence-corrected chi connectivity index (χ2v) is 5.50.